The van der Waals surface area contributed by atoms with E-state index in [1.807, 2.05) is 4.90 Å². The molecular weight excluding hydrogens is 240 g/mol. The molecule has 1 N–H and O–H groups in total. The quantitative estimate of drug-likeness (QED) is 0.718. The van der Waals surface area contributed by atoms with Gasteiger partial charge in [-0.3, -0.25) is 10.1 Å². The predicted octanol–water partition coefficient (Wildman–Crippen LogP) is 2.00. The summed E-state index contributed by atoms with van der Waals surface area (Å²) in [5.74, 6) is 1.35. The summed E-state index contributed by atoms with van der Waals surface area (Å²) >= 11 is 0. The zero-order valence-corrected chi connectivity index (χ0v) is 12.7. The lowest BCUT2D eigenvalue weighted by Gasteiger charge is -2.27. The monoisotopic (exact) mass is 268 g/mol. The third kappa shape index (κ3) is 3.29. The van der Waals surface area contributed by atoms with Crippen LogP contribution in [0.25, 0.3) is 0 Å². The maximum Gasteiger partial charge on any atom is 0.244 e. The van der Waals surface area contributed by atoms with Crippen molar-refractivity contribution >= 4 is 5.91 Å². The minimum absolute atomic E-state index is 0.187. The predicted molar refractivity (Wildman–Crippen MR) is 75.7 cm³/mol. The molecule has 1 aliphatic heterocycles. The topological polar surface area (TPSA) is 41.6 Å². The lowest BCUT2D eigenvalue weighted by atomic mass is 10.1. The minimum Gasteiger partial charge on any atom is -0.381 e. The minimum atomic E-state index is -0.187. The van der Waals surface area contributed by atoms with Crippen LogP contribution in [-0.2, 0) is 9.53 Å². The van der Waals surface area contributed by atoms with Crippen LogP contribution < -0.4 is 5.32 Å². The first kappa shape index (κ1) is 14.8. The highest BCUT2D eigenvalue weighted by atomic mass is 16.5. The van der Waals surface area contributed by atoms with E-state index in [0.29, 0.717) is 17.7 Å². The van der Waals surface area contributed by atoms with Crippen molar-refractivity contribution in [3.05, 3.63) is 0 Å². The van der Waals surface area contributed by atoms with E-state index in [-0.39, 0.29) is 11.7 Å². The Morgan fingerprint density at radius 3 is 2.58 bits per heavy atom. The molecule has 0 aromatic carbocycles. The molecule has 4 heteroatoms. The summed E-state index contributed by atoms with van der Waals surface area (Å²) in [5.41, 5.74) is -0.187. The number of carbonyl (C=O) groups excluding carboxylic acids is 1. The first-order valence-corrected chi connectivity index (χ1v) is 7.63. The highest BCUT2D eigenvalue weighted by Crippen LogP contribution is 2.43. The third-order valence-corrected chi connectivity index (χ3v) is 3.95. The van der Waals surface area contributed by atoms with Crippen LogP contribution in [-0.4, -0.2) is 42.3 Å². The maximum absolute atomic E-state index is 12.4. The van der Waals surface area contributed by atoms with Crippen molar-refractivity contribution in [2.24, 2.45) is 11.8 Å². The van der Waals surface area contributed by atoms with Gasteiger partial charge in [0.25, 0.3) is 0 Å². The fourth-order valence-electron chi connectivity index (χ4n) is 2.73. The van der Waals surface area contributed by atoms with Crippen molar-refractivity contribution in [2.75, 3.05) is 19.8 Å². The zero-order valence-electron chi connectivity index (χ0n) is 12.7. The van der Waals surface area contributed by atoms with Crippen LogP contribution in [0.15, 0.2) is 0 Å². The van der Waals surface area contributed by atoms with Crippen molar-refractivity contribution < 1.29 is 9.53 Å². The molecule has 1 heterocycles. The zero-order chi connectivity index (χ0) is 14.0. The van der Waals surface area contributed by atoms with Gasteiger partial charge in [-0.1, -0.05) is 27.7 Å². The van der Waals surface area contributed by atoms with Gasteiger partial charge in [0.15, 0.2) is 0 Å². The Hall–Kier alpha value is -0.610. The Balaban J connectivity index is 1.79. The second-order valence-corrected chi connectivity index (χ2v) is 6.74. The Morgan fingerprint density at radius 1 is 1.37 bits per heavy atom. The van der Waals surface area contributed by atoms with E-state index in [0.717, 1.165) is 39.0 Å². The number of ether oxygens (including phenoxy) is 1. The first-order chi connectivity index (χ1) is 8.96. The van der Waals surface area contributed by atoms with Gasteiger partial charge >= 0.3 is 0 Å². The molecule has 19 heavy (non-hydrogen) atoms. The average Bonchev–Trinajstić information content (AvgIpc) is 3.05. The number of carbonyl (C=O) groups is 1. The van der Waals surface area contributed by atoms with Gasteiger partial charge in [-0.05, 0) is 31.1 Å². The van der Waals surface area contributed by atoms with Gasteiger partial charge in [-0.25, -0.2) is 0 Å². The van der Waals surface area contributed by atoms with Crippen molar-refractivity contribution in [1.29, 1.82) is 0 Å². The fraction of sp³-hybridized carbons (Fsp3) is 0.933. The molecule has 110 valence electrons. The molecule has 2 aliphatic rings. The Kier molecular flexibility index (Phi) is 4.51. The van der Waals surface area contributed by atoms with Gasteiger partial charge in [0.1, 0.15) is 0 Å². The molecule has 1 saturated carbocycles. The standard InChI is InChI=1S/C15H28N2O2/c1-11(2)10-19-9-5-8-17-13(12(3)4)16-15(6-7-15)14(17)18/h11-13,16H,5-10H2,1-4H3. The van der Waals surface area contributed by atoms with E-state index in [1.165, 1.54) is 0 Å². The van der Waals surface area contributed by atoms with Crippen LogP contribution in [0.2, 0.25) is 0 Å². The number of amides is 1. The SMILES string of the molecule is CC(C)COCCCN1C(=O)C2(CC2)NC1C(C)C. The number of rotatable bonds is 7. The van der Waals surface area contributed by atoms with Gasteiger partial charge in [-0.2, -0.15) is 0 Å². The molecule has 1 amide bonds. The number of nitrogens with zero attached hydrogens (tertiary/aromatic N) is 1. The van der Waals surface area contributed by atoms with Crippen molar-refractivity contribution in [3.63, 3.8) is 0 Å². The molecule has 0 aromatic heterocycles. The lowest BCUT2D eigenvalue weighted by molar-refractivity contribution is -0.131. The van der Waals surface area contributed by atoms with E-state index in [4.69, 9.17) is 4.74 Å². The molecule has 0 radical (unpaired) electrons. The molecule has 2 rings (SSSR count). The summed E-state index contributed by atoms with van der Waals surface area (Å²) in [6.07, 6.45) is 3.16. The van der Waals surface area contributed by atoms with E-state index in [2.05, 4.69) is 33.0 Å². The summed E-state index contributed by atoms with van der Waals surface area (Å²) in [4.78, 5) is 14.4. The Bertz CT molecular complexity index is 324. The number of hydrogen-bond donors (Lipinski definition) is 1. The van der Waals surface area contributed by atoms with Crippen molar-refractivity contribution in [1.82, 2.24) is 10.2 Å². The summed E-state index contributed by atoms with van der Waals surface area (Å²) in [7, 11) is 0. The lowest BCUT2D eigenvalue weighted by Crippen LogP contribution is -2.42. The Morgan fingerprint density at radius 2 is 2.05 bits per heavy atom. The van der Waals surface area contributed by atoms with Crippen molar-refractivity contribution in [2.45, 2.75) is 58.7 Å². The fourth-order valence-corrected chi connectivity index (χ4v) is 2.73. The van der Waals surface area contributed by atoms with Crippen LogP contribution in [0.5, 0.6) is 0 Å². The smallest absolute Gasteiger partial charge is 0.244 e. The molecule has 0 bridgehead atoms. The van der Waals surface area contributed by atoms with Crippen LogP contribution in [0.3, 0.4) is 0 Å². The molecule has 1 spiro atoms. The highest BCUT2D eigenvalue weighted by molar-refractivity contribution is 5.91. The third-order valence-electron chi connectivity index (χ3n) is 3.95. The van der Waals surface area contributed by atoms with Crippen LogP contribution in [0.1, 0.15) is 47.0 Å². The maximum atomic E-state index is 12.4. The second-order valence-electron chi connectivity index (χ2n) is 6.74. The van der Waals surface area contributed by atoms with Crippen molar-refractivity contribution in [3.8, 4) is 0 Å². The molecule has 2 fully saturated rings. The molecule has 1 atom stereocenters. The van der Waals surface area contributed by atoms with Crippen LogP contribution in [0.4, 0.5) is 0 Å². The van der Waals surface area contributed by atoms with Gasteiger partial charge in [-0.15, -0.1) is 0 Å². The molecule has 0 aromatic rings. The largest absolute Gasteiger partial charge is 0.381 e. The molecule has 1 saturated heterocycles. The summed E-state index contributed by atoms with van der Waals surface area (Å²) < 4.78 is 5.60. The highest BCUT2D eigenvalue weighted by Gasteiger charge is 2.59. The van der Waals surface area contributed by atoms with Gasteiger partial charge in [0.2, 0.25) is 5.91 Å². The first-order valence-electron chi connectivity index (χ1n) is 7.63. The van der Waals surface area contributed by atoms with E-state index >= 15 is 0 Å². The van der Waals surface area contributed by atoms with Gasteiger partial charge in [0.05, 0.1) is 11.7 Å². The average molecular weight is 268 g/mol. The van der Waals surface area contributed by atoms with Gasteiger partial charge < -0.3 is 9.64 Å². The summed E-state index contributed by atoms with van der Waals surface area (Å²) in [6, 6.07) is 0. The van der Waals surface area contributed by atoms with Crippen LogP contribution >= 0.6 is 0 Å². The summed E-state index contributed by atoms with van der Waals surface area (Å²) in [5, 5.41) is 3.54. The summed E-state index contributed by atoms with van der Waals surface area (Å²) in [6.45, 7) is 11.0. The molecule has 1 aliphatic carbocycles. The van der Waals surface area contributed by atoms with E-state index in [9.17, 15) is 4.79 Å². The van der Waals surface area contributed by atoms with Gasteiger partial charge in [0, 0.05) is 19.8 Å². The second kappa shape index (κ2) is 5.80. The van der Waals surface area contributed by atoms with E-state index < -0.39 is 0 Å². The Labute approximate surface area is 116 Å². The molecule has 1 unspecified atom stereocenters. The van der Waals surface area contributed by atoms with Crippen LogP contribution in [0, 0.1) is 11.8 Å². The normalized spacial score (nSPS) is 25.1. The number of hydrogen-bond acceptors (Lipinski definition) is 3. The number of nitrogens with one attached hydrogen (secondary N) is 1. The van der Waals surface area contributed by atoms with E-state index in [1.54, 1.807) is 0 Å². The molecule has 4 nitrogen and oxygen atoms in total. The molecular formula is C15H28N2O2.